The van der Waals surface area contributed by atoms with Crippen molar-refractivity contribution in [2.75, 3.05) is 0 Å². The van der Waals surface area contributed by atoms with Crippen molar-refractivity contribution in [2.24, 2.45) is 0 Å². The lowest BCUT2D eigenvalue weighted by Crippen LogP contribution is -2.04. The molecule has 116 valence electrons. The van der Waals surface area contributed by atoms with E-state index in [1.54, 1.807) is 30.3 Å². The van der Waals surface area contributed by atoms with Gasteiger partial charge in [0.15, 0.2) is 0 Å². The van der Waals surface area contributed by atoms with Crippen LogP contribution < -0.4 is 0 Å². The fourth-order valence-corrected chi connectivity index (χ4v) is 3.65. The van der Waals surface area contributed by atoms with Crippen molar-refractivity contribution in [1.82, 2.24) is 0 Å². The summed E-state index contributed by atoms with van der Waals surface area (Å²) < 4.78 is 39.8. The molecule has 0 aliphatic carbocycles. The maximum Gasteiger partial charge on any atom is 0.207 e. The molecule has 0 unspecified atom stereocenters. The van der Waals surface area contributed by atoms with Crippen molar-refractivity contribution in [3.05, 3.63) is 66.2 Å². The Kier molecular flexibility index (Phi) is 5.50. The van der Waals surface area contributed by atoms with Gasteiger partial charge in [-0.1, -0.05) is 49.7 Å². The Morgan fingerprint density at radius 3 is 2.36 bits per heavy atom. The van der Waals surface area contributed by atoms with Crippen LogP contribution in [0.3, 0.4) is 0 Å². The highest BCUT2D eigenvalue weighted by Gasteiger charge is 2.22. The van der Waals surface area contributed by atoms with E-state index in [1.807, 2.05) is 6.92 Å². The predicted molar refractivity (Wildman–Crippen MR) is 86.9 cm³/mol. The number of hydrogen-bond acceptors (Lipinski definition) is 2. The average Bonchev–Trinajstić information content (AvgIpc) is 2.56. The minimum absolute atomic E-state index is 0.00597. The Morgan fingerprint density at radius 2 is 1.68 bits per heavy atom. The molecule has 4 heteroatoms. The van der Waals surface area contributed by atoms with Gasteiger partial charge >= 0.3 is 0 Å². The Hall–Kier alpha value is -1.94. The molecular formula is C18H19FO2S. The largest absolute Gasteiger partial charge is 0.218 e. The van der Waals surface area contributed by atoms with Crippen molar-refractivity contribution >= 4 is 15.7 Å². The topological polar surface area (TPSA) is 34.1 Å². The van der Waals surface area contributed by atoms with E-state index in [2.05, 4.69) is 0 Å². The van der Waals surface area contributed by atoms with Crippen LogP contribution in [0.15, 0.2) is 70.5 Å². The lowest BCUT2D eigenvalue weighted by molar-refractivity contribution is 0.595. The molecule has 22 heavy (non-hydrogen) atoms. The van der Waals surface area contributed by atoms with Gasteiger partial charge in [0, 0.05) is 5.56 Å². The third kappa shape index (κ3) is 3.63. The molecule has 0 saturated carbocycles. The average molecular weight is 318 g/mol. The van der Waals surface area contributed by atoms with E-state index in [-0.39, 0.29) is 15.4 Å². The van der Waals surface area contributed by atoms with Crippen molar-refractivity contribution in [2.45, 2.75) is 36.0 Å². The minimum atomic E-state index is -3.73. The summed E-state index contributed by atoms with van der Waals surface area (Å²) in [4.78, 5) is 0.176. The van der Waals surface area contributed by atoms with Crippen LogP contribution in [0, 0.1) is 0 Å². The first-order chi connectivity index (χ1) is 10.6. The van der Waals surface area contributed by atoms with Crippen LogP contribution in [-0.4, -0.2) is 8.42 Å². The SMILES string of the molecule is CCCCC=C(F)c1ccccc1S(=O)(=O)c1ccccc1. The molecule has 0 aliphatic heterocycles. The zero-order valence-corrected chi connectivity index (χ0v) is 13.3. The number of sulfone groups is 1. The molecular weight excluding hydrogens is 299 g/mol. The molecule has 0 N–H and O–H groups in total. The summed E-state index contributed by atoms with van der Waals surface area (Å²) in [5, 5.41) is 0. The van der Waals surface area contributed by atoms with Crippen LogP contribution >= 0.6 is 0 Å². The third-order valence-corrected chi connectivity index (χ3v) is 5.20. The zero-order chi connectivity index (χ0) is 16.0. The van der Waals surface area contributed by atoms with Gasteiger partial charge in [-0.05, 0) is 37.1 Å². The molecule has 2 aromatic rings. The van der Waals surface area contributed by atoms with Gasteiger partial charge in [-0.25, -0.2) is 12.8 Å². The van der Waals surface area contributed by atoms with Gasteiger partial charge in [0.25, 0.3) is 0 Å². The Balaban J connectivity index is 2.47. The minimum Gasteiger partial charge on any atom is -0.218 e. The van der Waals surface area contributed by atoms with Crippen LogP contribution in [0.2, 0.25) is 0 Å². The smallest absolute Gasteiger partial charge is 0.207 e. The molecule has 0 atom stereocenters. The molecule has 0 saturated heterocycles. The zero-order valence-electron chi connectivity index (χ0n) is 12.5. The molecule has 2 rings (SSSR count). The van der Waals surface area contributed by atoms with E-state index in [0.717, 1.165) is 12.8 Å². The van der Waals surface area contributed by atoms with E-state index in [1.165, 1.54) is 30.3 Å². The summed E-state index contributed by atoms with van der Waals surface area (Å²) >= 11 is 0. The number of halogens is 1. The lowest BCUT2D eigenvalue weighted by Gasteiger charge is -2.09. The maximum atomic E-state index is 14.4. The second-order valence-electron chi connectivity index (χ2n) is 5.01. The molecule has 0 fully saturated rings. The lowest BCUT2D eigenvalue weighted by atomic mass is 10.1. The first-order valence-electron chi connectivity index (χ1n) is 7.32. The third-order valence-electron chi connectivity index (χ3n) is 3.37. The highest BCUT2D eigenvalue weighted by atomic mass is 32.2. The normalized spacial score (nSPS) is 12.4. The molecule has 2 nitrogen and oxygen atoms in total. The van der Waals surface area contributed by atoms with Gasteiger partial charge < -0.3 is 0 Å². The summed E-state index contributed by atoms with van der Waals surface area (Å²) in [5.41, 5.74) is 0.127. The molecule has 0 aromatic heterocycles. The molecule has 0 bridgehead atoms. The van der Waals surface area contributed by atoms with Crippen LogP contribution in [0.4, 0.5) is 4.39 Å². The monoisotopic (exact) mass is 318 g/mol. The fraction of sp³-hybridized carbons (Fsp3) is 0.222. The first-order valence-corrected chi connectivity index (χ1v) is 8.81. The summed E-state index contributed by atoms with van der Waals surface area (Å²) in [6, 6.07) is 14.3. The van der Waals surface area contributed by atoms with Crippen LogP contribution in [-0.2, 0) is 9.84 Å². The predicted octanol–water partition coefficient (Wildman–Crippen LogP) is 5.02. The van der Waals surface area contributed by atoms with Gasteiger partial charge in [-0.15, -0.1) is 0 Å². The standard InChI is InChI=1S/C18H19FO2S/c1-2-3-5-13-17(19)16-12-8-9-14-18(16)22(20,21)15-10-6-4-7-11-15/h4,6-14H,2-3,5H2,1H3. The molecule has 2 aromatic carbocycles. The van der Waals surface area contributed by atoms with Crippen molar-refractivity contribution < 1.29 is 12.8 Å². The fourth-order valence-electron chi connectivity index (χ4n) is 2.17. The summed E-state index contributed by atoms with van der Waals surface area (Å²) in [5.74, 6) is -0.483. The van der Waals surface area contributed by atoms with Crippen LogP contribution in [0.25, 0.3) is 5.83 Å². The summed E-state index contributed by atoms with van der Waals surface area (Å²) in [6.45, 7) is 2.03. The van der Waals surface area contributed by atoms with Crippen molar-refractivity contribution in [3.63, 3.8) is 0 Å². The van der Waals surface area contributed by atoms with Gasteiger partial charge in [-0.2, -0.15) is 0 Å². The Morgan fingerprint density at radius 1 is 1.05 bits per heavy atom. The maximum absolute atomic E-state index is 14.4. The second-order valence-corrected chi connectivity index (χ2v) is 6.93. The van der Waals surface area contributed by atoms with Crippen LogP contribution in [0.5, 0.6) is 0 Å². The highest BCUT2D eigenvalue weighted by Crippen LogP contribution is 2.29. The summed E-state index contributed by atoms with van der Waals surface area (Å²) in [7, 11) is -3.73. The van der Waals surface area contributed by atoms with Gasteiger partial charge in [-0.3, -0.25) is 0 Å². The number of unbranched alkanes of at least 4 members (excludes halogenated alkanes) is 2. The Bertz CT molecular complexity index is 750. The number of allylic oxidation sites excluding steroid dienone is 1. The van der Waals surface area contributed by atoms with Crippen LogP contribution in [0.1, 0.15) is 31.7 Å². The first kappa shape index (κ1) is 16.4. The van der Waals surface area contributed by atoms with E-state index >= 15 is 0 Å². The van der Waals surface area contributed by atoms with Gasteiger partial charge in [0.05, 0.1) is 9.79 Å². The molecule has 0 spiro atoms. The van der Waals surface area contributed by atoms with E-state index < -0.39 is 15.7 Å². The van der Waals surface area contributed by atoms with Gasteiger partial charge in [0.2, 0.25) is 9.84 Å². The van der Waals surface area contributed by atoms with Gasteiger partial charge in [0.1, 0.15) is 5.83 Å². The molecule has 0 radical (unpaired) electrons. The molecule has 0 amide bonds. The highest BCUT2D eigenvalue weighted by molar-refractivity contribution is 7.91. The quantitative estimate of drug-likeness (QED) is 0.701. The van der Waals surface area contributed by atoms with E-state index in [0.29, 0.717) is 6.42 Å². The number of benzene rings is 2. The van der Waals surface area contributed by atoms with E-state index in [9.17, 15) is 12.8 Å². The second kappa shape index (κ2) is 7.36. The summed E-state index contributed by atoms with van der Waals surface area (Å²) in [6.07, 6.45) is 3.90. The molecule has 0 aliphatic rings. The number of rotatable bonds is 6. The Labute approximate surface area is 131 Å². The number of hydrogen-bond donors (Lipinski definition) is 0. The van der Waals surface area contributed by atoms with Crippen molar-refractivity contribution in [1.29, 1.82) is 0 Å². The van der Waals surface area contributed by atoms with Crippen molar-refractivity contribution in [3.8, 4) is 0 Å². The van der Waals surface area contributed by atoms with E-state index in [4.69, 9.17) is 0 Å². The molecule has 0 heterocycles.